The Morgan fingerprint density at radius 2 is 1.94 bits per heavy atom. The molecule has 0 aliphatic heterocycles. The van der Waals surface area contributed by atoms with Gasteiger partial charge in [0.25, 0.3) is 0 Å². The molecule has 5 N–H and O–H groups in total. The summed E-state index contributed by atoms with van der Waals surface area (Å²) in [6.07, 6.45) is 2.14. The zero-order chi connectivity index (χ0) is 12.8. The van der Waals surface area contributed by atoms with Gasteiger partial charge < -0.3 is 15.8 Å². The van der Waals surface area contributed by atoms with Gasteiger partial charge in [-0.1, -0.05) is 13.8 Å². The number of hydrogen-bond donors (Lipinski definition) is 4. The van der Waals surface area contributed by atoms with Crippen LogP contribution in [-0.4, -0.2) is 27.7 Å². The van der Waals surface area contributed by atoms with E-state index in [9.17, 15) is 0 Å². The number of nitrogens with zero attached hydrogens (tertiary/aromatic N) is 2. The Labute approximate surface area is 102 Å². The van der Waals surface area contributed by atoms with E-state index in [1.54, 1.807) is 0 Å². The number of aliphatic hydroxyl groups excluding tert-OH is 1. The van der Waals surface area contributed by atoms with Gasteiger partial charge in [0.1, 0.15) is 18.0 Å². The second-order valence-corrected chi connectivity index (χ2v) is 4.34. The molecule has 1 heterocycles. The van der Waals surface area contributed by atoms with Crippen LogP contribution < -0.4 is 16.6 Å². The molecule has 0 saturated carbocycles. The second kappa shape index (κ2) is 6.36. The predicted octanol–water partition coefficient (Wildman–Crippen LogP) is 1.07. The lowest BCUT2D eigenvalue weighted by Crippen LogP contribution is -2.21. The van der Waals surface area contributed by atoms with Crippen molar-refractivity contribution in [1.29, 1.82) is 0 Å². The molecule has 6 heteroatoms. The molecule has 0 aromatic carbocycles. The van der Waals surface area contributed by atoms with E-state index in [-0.39, 0.29) is 18.6 Å². The molecule has 96 valence electrons. The maximum Gasteiger partial charge on any atom is 0.148 e. The van der Waals surface area contributed by atoms with Crippen LogP contribution in [0.15, 0.2) is 6.33 Å². The molecule has 17 heavy (non-hydrogen) atoms. The van der Waals surface area contributed by atoms with Crippen LogP contribution in [-0.2, 0) is 0 Å². The van der Waals surface area contributed by atoms with Crippen molar-refractivity contribution in [3.05, 3.63) is 11.9 Å². The maximum absolute atomic E-state index is 8.89. The summed E-state index contributed by atoms with van der Waals surface area (Å²) in [6.45, 7) is 6.26. The fraction of sp³-hybridized carbons (Fsp3) is 0.636. The molecule has 0 fully saturated rings. The monoisotopic (exact) mass is 239 g/mol. The lowest BCUT2D eigenvalue weighted by Gasteiger charge is -2.19. The molecule has 1 unspecified atom stereocenters. The number of anilines is 2. The number of aromatic nitrogens is 2. The Hall–Kier alpha value is -1.40. The quantitative estimate of drug-likeness (QED) is 0.438. The van der Waals surface area contributed by atoms with E-state index in [0.717, 1.165) is 11.4 Å². The van der Waals surface area contributed by atoms with Crippen LogP contribution in [0.25, 0.3) is 0 Å². The second-order valence-electron chi connectivity index (χ2n) is 4.34. The highest BCUT2D eigenvalue weighted by Gasteiger charge is 2.15. The van der Waals surface area contributed by atoms with Crippen molar-refractivity contribution in [2.45, 2.75) is 39.2 Å². The number of hydrazine groups is 1. The topological polar surface area (TPSA) is 96.1 Å². The summed E-state index contributed by atoms with van der Waals surface area (Å²) in [5.41, 5.74) is 3.54. The van der Waals surface area contributed by atoms with Crippen molar-refractivity contribution in [2.75, 3.05) is 17.3 Å². The van der Waals surface area contributed by atoms with Gasteiger partial charge in [-0.05, 0) is 19.3 Å². The first-order valence-electron chi connectivity index (χ1n) is 5.79. The van der Waals surface area contributed by atoms with Gasteiger partial charge in [0.15, 0.2) is 0 Å². The molecule has 6 nitrogen and oxygen atoms in total. The molecule has 1 aromatic rings. The molecule has 0 aliphatic carbocycles. The molecule has 0 amide bonds. The third-order valence-corrected chi connectivity index (χ3v) is 2.54. The van der Waals surface area contributed by atoms with Crippen molar-refractivity contribution in [3.8, 4) is 0 Å². The molecule has 1 rings (SSSR count). The lowest BCUT2D eigenvalue weighted by molar-refractivity contribution is 0.282. The van der Waals surface area contributed by atoms with Crippen molar-refractivity contribution >= 4 is 11.6 Å². The zero-order valence-electron chi connectivity index (χ0n) is 10.6. The summed E-state index contributed by atoms with van der Waals surface area (Å²) >= 11 is 0. The van der Waals surface area contributed by atoms with Crippen LogP contribution in [0, 0.1) is 0 Å². The summed E-state index contributed by atoms with van der Waals surface area (Å²) in [4.78, 5) is 8.33. The highest BCUT2D eigenvalue weighted by atomic mass is 16.3. The number of hydrogen-bond acceptors (Lipinski definition) is 6. The van der Waals surface area contributed by atoms with Crippen LogP contribution in [0.2, 0.25) is 0 Å². The molecule has 0 bridgehead atoms. The van der Waals surface area contributed by atoms with Crippen LogP contribution >= 0.6 is 0 Å². The average Bonchev–Trinajstić information content (AvgIpc) is 2.28. The number of aliphatic hydroxyl groups is 1. The SMILES string of the molecule is CC(CCO)Nc1ncnc(NN)c1C(C)C. The molecule has 0 saturated heterocycles. The number of rotatable bonds is 6. The summed E-state index contributed by atoms with van der Waals surface area (Å²) in [5.74, 6) is 7.09. The normalized spacial score (nSPS) is 12.6. The predicted molar refractivity (Wildman–Crippen MR) is 68.7 cm³/mol. The van der Waals surface area contributed by atoms with Crippen LogP contribution in [0.5, 0.6) is 0 Å². The van der Waals surface area contributed by atoms with Gasteiger partial charge in [0.2, 0.25) is 0 Å². The van der Waals surface area contributed by atoms with Gasteiger partial charge in [-0.25, -0.2) is 15.8 Å². The minimum absolute atomic E-state index is 0.151. The van der Waals surface area contributed by atoms with Gasteiger partial charge in [0.05, 0.1) is 0 Å². The number of nitrogens with two attached hydrogens (primary N) is 1. The Morgan fingerprint density at radius 1 is 1.29 bits per heavy atom. The average molecular weight is 239 g/mol. The highest BCUT2D eigenvalue weighted by molar-refractivity contribution is 5.58. The first kappa shape index (κ1) is 13.7. The van der Waals surface area contributed by atoms with Crippen LogP contribution in [0.3, 0.4) is 0 Å². The fourth-order valence-corrected chi connectivity index (χ4v) is 1.67. The largest absolute Gasteiger partial charge is 0.396 e. The summed E-state index contributed by atoms with van der Waals surface area (Å²) < 4.78 is 0. The van der Waals surface area contributed by atoms with Crippen molar-refractivity contribution in [3.63, 3.8) is 0 Å². The third kappa shape index (κ3) is 3.54. The van der Waals surface area contributed by atoms with Gasteiger partial charge in [-0.3, -0.25) is 0 Å². The van der Waals surface area contributed by atoms with E-state index in [2.05, 4.69) is 34.6 Å². The van der Waals surface area contributed by atoms with E-state index in [1.165, 1.54) is 6.33 Å². The zero-order valence-corrected chi connectivity index (χ0v) is 10.6. The van der Waals surface area contributed by atoms with Crippen LogP contribution in [0.4, 0.5) is 11.6 Å². The van der Waals surface area contributed by atoms with E-state index in [1.807, 2.05) is 6.92 Å². The molecular weight excluding hydrogens is 218 g/mol. The first-order valence-corrected chi connectivity index (χ1v) is 5.79. The lowest BCUT2D eigenvalue weighted by atomic mass is 10.0. The van der Waals surface area contributed by atoms with Gasteiger partial charge >= 0.3 is 0 Å². The molecule has 1 atom stereocenters. The van der Waals surface area contributed by atoms with Crippen molar-refractivity contribution < 1.29 is 5.11 Å². The number of nitrogen functional groups attached to an aromatic ring is 1. The van der Waals surface area contributed by atoms with Crippen molar-refractivity contribution in [1.82, 2.24) is 9.97 Å². The fourth-order valence-electron chi connectivity index (χ4n) is 1.67. The molecule has 1 aromatic heterocycles. The van der Waals surface area contributed by atoms with Crippen molar-refractivity contribution in [2.24, 2.45) is 5.84 Å². The summed E-state index contributed by atoms with van der Waals surface area (Å²) in [5, 5.41) is 12.1. The maximum atomic E-state index is 8.89. The van der Waals surface area contributed by atoms with Gasteiger partial charge in [-0.2, -0.15) is 0 Å². The molecule has 0 spiro atoms. The molecule has 0 radical (unpaired) electrons. The highest BCUT2D eigenvalue weighted by Crippen LogP contribution is 2.28. The summed E-state index contributed by atoms with van der Waals surface area (Å²) in [6, 6.07) is 0.151. The minimum Gasteiger partial charge on any atom is -0.396 e. The third-order valence-electron chi connectivity index (χ3n) is 2.54. The van der Waals surface area contributed by atoms with Crippen LogP contribution in [0.1, 0.15) is 38.7 Å². The standard InChI is InChI=1S/C11H21N5O/c1-7(2)9-10(15-8(3)4-5-17)13-6-14-11(9)16-12/h6-8,17H,4-5,12H2,1-3H3,(H2,13,14,15,16). The van der Waals surface area contributed by atoms with E-state index in [0.29, 0.717) is 12.2 Å². The first-order chi connectivity index (χ1) is 8.10. The van der Waals surface area contributed by atoms with Gasteiger partial charge in [-0.15, -0.1) is 0 Å². The van der Waals surface area contributed by atoms with E-state index >= 15 is 0 Å². The smallest absolute Gasteiger partial charge is 0.148 e. The number of nitrogens with one attached hydrogen (secondary N) is 2. The van der Waals surface area contributed by atoms with E-state index < -0.39 is 0 Å². The molecular formula is C11H21N5O. The Bertz CT molecular complexity index is 356. The minimum atomic E-state index is 0.151. The molecule has 0 aliphatic rings. The Morgan fingerprint density at radius 3 is 2.47 bits per heavy atom. The Kier molecular flexibility index (Phi) is 5.11. The summed E-state index contributed by atoms with van der Waals surface area (Å²) in [7, 11) is 0. The van der Waals surface area contributed by atoms with Gasteiger partial charge in [0, 0.05) is 18.2 Å². The van der Waals surface area contributed by atoms with E-state index in [4.69, 9.17) is 10.9 Å². The Balaban J connectivity index is 2.97.